The second kappa shape index (κ2) is 5.96. The van der Waals surface area contributed by atoms with E-state index in [1.165, 1.54) is 18.3 Å². The molecular weight excluding hydrogens is 329 g/mol. The summed E-state index contributed by atoms with van der Waals surface area (Å²) in [5, 5.41) is 13.8. The Labute approximate surface area is 123 Å². The van der Waals surface area contributed by atoms with Gasteiger partial charge in [0.05, 0.1) is 9.40 Å². The SMILES string of the molecule is Cc1c([N+](=O)[O-])cnc(NCc2cccc(F)c2)c1Br. The highest BCUT2D eigenvalue weighted by atomic mass is 79.9. The Morgan fingerprint density at radius 3 is 2.90 bits per heavy atom. The third kappa shape index (κ3) is 3.11. The smallest absolute Gasteiger partial charge is 0.291 e. The number of halogens is 2. The van der Waals surface area contributed by atoms with Crippen molar-refractivity contribution >= 4 is 27.4 Å². The second-order valence-electron chi connectivity index (χ2n) is 4.17. The first kappa shape index (κ1) is 14.4. The maximum atomic E-state index is 13.1. The van der Waals surface area contributed by atoms with E-state index in [0.29, 0.717) is 22.4 Å². The molecule has 1 aromatic heterocycles. The van der Waals surface area contributed by atoms with Gasteiger partial charge < -0.3 is 5.32 Å². The predicted octanol–water partition coefficient (Wildman–Crippen LogP) is 3.81. The predicted molar refractivity (Wildman–Crippen MR) is 77.1 cm³/mol. The van der Waals surface area contributed by atoms with Crippen LogP contribution in [0.1, 0.15) is 11.1 Å². The number of hydrogen-bond acceptors (Lipinski definition) is 4. The van der Waals surface area contributed by atoms with Crippen LogP contribution in [0.3, 0.4) is 0 Å². The lowest BCUT2D eigenvalue weighted by molar-refractivity contribution is -0.385. The topological polar surface area (TPSA) is 68.1 Å². The largest absolute Gasteiger partial charge is 0.365 e. The molecule has 0 atom stereocenters. The van der Waals surface area contributed by atoms with Crippen molar-refractivity contribution in [2.45, 2.75) is 13.5 Å². The van der Waals surface area contributed by atoms with Gasteiger partial charge in [0, 0.05) is 12.1 Å². The number of benzene rings is 1. The molecule has 0 unspecified atom stereocenters. The molecular formula is C13H11BrFN3O2. The monoisotopic (exact) mass is 339 g/mol. The highest BCUT2D eigenvalue weighted by Gasteiger charge is 2.16. The quantitative estimate of drug-likeness (QED) is 0.679. The van der Waals surface area contributed by atoms with E-state index in [9.17, 15) is 14.5 Å². The Hall–Kier alpha value is -2.02. The summed E-state index contributed by atoms with van der Waals surface area (Å²) in [5.41, 5.74) is 1.20. The molecule has 0 aliphatic carbocycles. The molecule has 1 aromatic carbocycles. The van der Waals surface area contributed by atoms with Crippen LogP contribution in [0.25, 0.3) is 0 Å². The summed E-state index contributed by atoms with van der Waals surface area (Å²) >= 11 is 3.28. The summed E-state index contributed by atoms with van der Waals surface area (Å²) in [4.78, 5) is 14.3. The number of rotatable bonds is 4. The molecule has 2 rings (SSSR count). The van der Waals surface area contributed by atoms with Gasteiger partial charge in [-0.2, -0.15) is 0 Å². The molecule has 0 bridgehead atoms. The maximum Gasteiger partial charge on any atom is 0.291 e. The summed E-state index contributed by atoms with van der Waals surface area (Å²) in [6.07, 6.45) is 1.20. The Morgan fingerprint density at radius 1 is 1.50 bits per heavy atom. The first-order chi connectivity index (χ1) is 9.49. The number of nitro groups is 1. The maximum absolute atomic E-state index is 13.1. The molecule has 0 amide bonds. The number of nitrogens with one attached hydrogen (secondary N) is 1. The minimum absolute atomic E-state index is 0.0480. The van der Waals surface area contributed by atoms with Crippen LogP contribution in [-0.4, -0.2) is 9.91 Å². The molecule has 1 N–H and O–H groups in total. The molecule has 2 aromatic rings. The Morgan fingerprint density at radius 2 is 2.25 bits per heavy atom. The van der Waals surface area contributed by atoms with Crippen LogP contribution < -0.4 is 5.32 Å². The number of aromatic nitrogens is 1. The van der Waals surface area contributed by atoms with Crippen LogP contribution in [0.5, 0.6) is 0 Å². The molecule has 5 nitrogen and oxygen atoms in total. The van der Waals surface area contributed by atoms with E-state index in [0.717, 1.165) is 5.56 Å². The van der Waals surface area contributed by atoms with Gasteiger partial charge in [0.25, 0.3) is 5.69 Å². The number of pyridine rings is 1. The normalized spacial score (nSPS) is 10.3. The molecule has 20 heavy (non-hydrogen) atoms. The average molecular weight is 340 g/mol. The fourth-order valence-electron chi connectivity index (χ4n) is 1.71. The summed E-state index contributed by atoms with van der Waals surface area (Å²) < 4.78 is 13.6. The first-order valence-electron chi connectivity index (χ1n) is 5.77. The zero-order valence-electron chi connectivity index (χ0n) is 10.6. The van der Waals surface area contributed by atoms with E-state index in [1.54, 1.807) is 19.1 Å². The average Bonchev–Trinajstić information content (AvgIpc) is 2.40. The van der Waals surface area contributed by atoms with Crippen molar-refractivity contribution in [1.82, 2.24) is 4.98 Å². The summed E-state index contributed by atoms with van der Waals surface area (Å²) in [7, 11) is 0. The van der Waals surface area contributed by atoms with Gasteiger partial charge in [-0.25, -0.2) is 9.37 Å². The van der Waals surface area contributed by atoms with Crippen LogP contribution in [-0.2, 0) is 6.54 Å². The van der Waals surface area contributed by atoms with E-state index in [4.69, 9.17) is 0 Å². The van der Waals surface area contributed by atoms with E-state index in [2.05, 4.69) is 26.2 Å². The second-order valence-corrected chi connectivity index (χ2v) is 4.96. The highest BCUT2D eigenvalue weighted by Crippen LogP contribution is 2.30. The molecule has 0 aliphatic heterocycles. The molecule has 0 fully saturated rings. The standard InChI is InChI=1S/C13H11BrFN3O2/c1-8-11(18(19)20)7-17-13(12(8)14)16-6-9-3-2-4-10(15)5-9/h2-5,7H,6H2,1H3,(H,16,17). The van der Waals surface area contributed by atoms with Crippen molar-refractivity contribution in [2.24, 2.45) is 0 Å². The lowest BCUT2D eigenvalue weighted by atomic mass is 10.2. The Kier molecular flexibility index (Phi) is 4.29. The van der Waals surface area contributed by atoms with E-state index in [1.807, 2.05) is 0 Å². The third-order valence-electron chi connectivity index (χ3n) is 2.78. The van der Waals surface area contributed by atoms with Gasteiger partial charge >= 0.3 is 0 Å². The Bertz CT molecular complexity index is 664. The van der Waals surface area contributed by atoms with Gasteiger partial charge in [-0.3, -0.25) is 10.1 Å². The Balaban J connectivity index is 2.18. The number of hydrogen-bond donors (Lipinski definition) is 1. The fraction of sp³-hybridized carbons (Fsp3) is 0.154. The van der Waals surface area contributed by atoms with Crippen molar-refractivity contribution in [3.8, 4) is 0 Å². The minimum Gasteiger partial charge on any atom is -0.365 e. The van der Waals surface area contributed by atoms with Crippen molar-refractivity contribution in [3.05, 3.63) is 62.0 Å². The van der Waals surface area contributed by atoms with Crippen molar-refractivity contribution in [2.75, 3.05) is 5.32 Å². The summed E-state index contributed by atoms with van der Waals surface area (Å²) in [6, 6.07) is 6.19. The van der Waals surface area contributed by atoms with Gasteiger partial charge in [0.2, 0.25) is 0 Å². The van der Waals surface area contributed by atoms with Crippen LogP contribution in [0, 0.1) is 22.9 Å². The molecule has 104 valence electrons. The molecule has 1 heterocycles. The molecule has 0 radical (unpaired) electrons. The summed E-state index contributed by atoms with van der Waals surface area (Å²) in [5.74, 6) is 0.175. The van der Waals surface area contributed by atoms with Gasteiger partial charge in [0.15, 0.2) is 0 Å². The minimum atomic E-state index is -0.483. The van der Waals surface area contributed by atoms with Crippen molar-refractivity contribution < 1.29 is 9.31 Å². The highest BCUT2D eigenvalue weighted by molar-refractivity contribution is 9.10. The molecule has 0 spiro atoms. The number of anilines is 1. The van der Waals surface area contributed by atoms with Crippen LogP contribution in [0.15, 0.2) is 34.9 Å². The van der Waals surface area contributed by atoms with E-state index in [-0.39, 0.29) is 11.5 Å². The number of nitrogens with zero attached hydrogens (tertiary/aromatic N) is 2. The van der Waals surface area contributed by atoms with Gasteiger partial charge in [-0.05, 0) is 40.5 Å². The first-order valence-corrected chi connectivity index (χ1v) is 6.56. The van der Waals surface area contributed by atoms with E-state index >= 15 is 0 Å². The van der Waals surface area contributed by atoms with Crippen molar-refractivity contribution in [3.63, 3.8) is 0 Å². The van der Waals surface area contributed by atoms with Crippen LogP contribution in [0.2, 0.25) is 0 Å². The van der Waals surface area contributed by atoms with Gasteiger partial charge in [-0.1, -0.05) is 12.1 Å². The van der Waals surface area contributed by atoms with E-state index < -0.39 is 4.92 Å². The molecule has 0 saturated heterocycles. The van der Waals surface area contributed by atoms with Gasteiger partial charge in [-0.15, -0.1) is 0 Å². The lowest BCUT2D eigenvalue weighted by Gasteiger charge is -2.09. The van der Waals surface area contributed by atoms with Gasteiger partial charge in [0.1, 0.15) is 17.8 Å². The lowest BCUT2D eigenvalue weighted by Crippen LogP contribution is -2.04. The molecule has 0 aliphatic rings. The van der Waals surface area contributed by atoms with Crippen molar-refractivity contribution in [1.29, 1.82) is 0 Å². The zero-order chi connectivity index (χ0) is 14.7. The van der Waals surface area contributed by atoms with Crippen LogP contribution >= 0.6 is 15.9 Å². The fourth-order valence-corrected chi connectivity index (χ4v) is 2.15. The molecule has 0 saturated carbocycles. The van der Waals surface area contributed by atoms with Crippen LogP contribution in [0.4, 0.5) is 15.9 Å². The third-order valence-corrected chi connectivity index (χ3v) is 3.75. The summed E-state index contributed by atoms with van der Waals surface area (Å²) in [6.45, 7) is 2.01. The molecule has 7 heteroatoms. The zero-order valence-corrected chi connectivity index (χ0v) is 12.1.